The van der Waals surface area contributed by atoms with Crippen LogP contribution in [0.5, 0.6) is 0 Å². The molecule has 1 aromatic rings. The van der Waals surface area contributed by atoms with Gasteiger partial charge in [0.1, 0.15) is 0 Å². The van der Waals surface area contributed by atoms with Gasteiger partial charge in [-0.15, -0.1) is 0 Å². The Morgan fingerprint density at radius 3 is 1.71 bits per heavy atom. The lowest BCUT2D eigenvalue weighted by molar-refractivity contribution is 0.561. The highest BCUT2D eigenvalue weighted by molar-refractivity contribution is 5.64. The van der Waals surface area contributed by atoms with Gasteiger partial charge in [0.2, 0.25) is 0 Å². The lowest BCUT2D eigenvalue weighted by Crippen LogP contribution is -2.00. The minimum Gasteiger partial charge on any atom is -0.398 e. The van der Waals surface area contributed by atoms with E-state index in [0.29, 0.717) is 5.92 Å². The zero-order valence-electron chi connectivity index (χ0n) is 17.4. The zero-order valence-corrected chi connectivity index (χ0v) is 17.4. The Bertz CT molecular complexity index is 441. The second kappa shape index (κ2) is 16.4. The maximum absolute atomic E-state index is 6.10. The van der Waals surface area contributed by atoms with Crippen LogP contribution in [0.4, 0.5) is 0 Å². The summed E-state index contributed by atoms with van der Waals surface area (Å²) in [6.07, 6.45) is 9.08. The molecule has 0 bridgehead atoms. The van der Waals surface area contributed by atoms with E-state index < -0.39 is 0 Å². The molecule has 1 aromatic carbocycles. The third-order valence-corrected chi connectivity index (χ3v) is 3.59. The van der Waals surface area contributed by atoms with Gasteiger partial charge in [-0.05, 0) is 49.8 Å². The number of benzene rings is 1. The van der Waals surface area contributed by atoms with E-state index in [4.69, 9.17) is 5.73 Å². The monoisotopic (exact) mass is 331 g/mol. The molecule has 1 heteroatoms. The molecule has 1 nitrogen and oxygen atoms in total. The first-order valence-electron chi connectivity index (χ1n) is 9.79. The van der Waals surface area contributed by atoms with E-state index in [2.05, 4.69) is 58.0 Å². The Morgan fingerprint density at radius 1 is 0.875 bits per heavy atom. The molecule has 0 radical (unpaired) electrons. The fourth-order valence-electron chi connectivity index (χ4n) is 2.48. The highest BCUT2D eigenvalue weighted by Gasteiger charge is 2.09. The fraction of sp³-hybridized carbons (Fsp3) is 0.565. The largest absolute Gasteiger partial charge is 0.398 e. The zero-order chi connectivity index (χ0) is 19.0. The second-order valence-corrected chi connectivity index (χ2v) is 5.76. The summed E-state index contributed by atoms with van der Waals surface area (Å²) in [5.41, 5.74) is 10.8. The van der Waals surface area contributed by atoms with Crippen LogP contribution in [-0.4, -0.2) is 0 Å². The molecular weight excluding hydrogens is 290 g/mol. The van der Waals surface area contributed by atoms with Crippen LogP contribution in [0.25, 0.3) is 5.70 Å². The molecule has 138 valence electrons. The highest BCUT2D eigenvalue weighted by Crippen LogP contribution is 2.27. The lowest BCUT2D eigenvalue weighted by Gasteiger charge is -2.16. The van der Waals surface area contributed by atoms with Crippen LogP contribution in [0.15, 0.2) is 42.0 Å². The molecule has 0 aliphatic heterocycles. The molecule has 0 unspecified atom stereocenters. The van der Waals surface area contributed by atoms with E-state index in [1.807, 2.05) is 33.8 Å². The Labute approximate surface area is 152 Å². The van der Waals surface area contributed by atoms with E-state index in [-0.39, 0.29) is 0 Å². The molecule has 0 fully saturated rings. The summed E-state index contributed by atoms with van der Waals surface area (Å²) in [5, 5.41) is 0. The van der Waals surface area contributed by atoms with Crippen molar-refractivity contribution < 1.29 is 0 Å². The normalized spacial score (nSPS) is 10.3. The second-order valence-electron chi connectivity index (χ2n) is 5.76. The van der Waals surface area contributed by atoms with Crippen LogP contribution in [0, 0.1) is 0 Å². The van der Waals surface area contributed by atoms with E-state index in [1.54, 1.807) is 0 Å². The van der Waals surface area contributed by atoms with Gasteiger partial charge in [-0.1, -0.05) is 90.3 Å². The van der Waals surface area contributed by atoms with Gasteiger partial charge >= 0.3 is 0 Å². The molecular formula is C23H41N. The Morgan fingerprint density at radius 2 is 1.33 bits per heavy atom. The smallest absolute Gasteiger partial charge is 0.0387 e. The standard InChI is InChI=1S/C19H29N.2C2H6/c1-5-7-16(8-6-2)17-10-12-18(13-11-17)19(20)14-9-15(3)4;2*1-2/h9-14,16H,5-8,20H2,1-4H3;2*1-2H3/b19-14-;;. The number of hydrogen-bond donors (Lipinski definition) is 1. The van der Waals surface area contributed by atoms with E-state index >= 15 is 0 Å². The van der Waals surface area contributed by atoms with E-state index in [1.165, 1.54) is 36.8 Å². The van der Waals surface area contributed by atoms with Crippen LogP contribution in [0.1, 0.15) is 98.1 Å². The molecule has 2 N–H and O–H groups in total. The molecule has 0 aromatic heterocycles. The number of nitrogens with two attached hydrogens (primary N) is 1. The average molecular weight is 332 g/mol. The van der Waals surface area contributed by atoms with Crippen molar-refractivity contribution in [3.8, 4) is 0 Å². The van der Waals surface area contributed by atoms with E-state index in [9.17, 15) is 0 Å². The quantitative estimate of drug-likeness (QED) is 0.509. The summed E-state index contributed by atoms with van der Waals surface area (Å²) >= 11 is 0. The van der Waals surface area contributed by atoms with Gasteiger partial charge < -0.3 is 5.73 Å². The third-order valence-electron chi connectivity index (χ3n) is 3.59. The van der Waals surface area contributed by atoms with Crippen LogP contribution in [-0.2, 0) is 0 Å². The maximum Gasteiger partial charge on any atom is 0.0387 e. The van der Waals surface area contributed by atoms with Crippen LogP contribution >= 0.6 is 0 Å². The summed E-state index contributed by atoms with van der Waals surface area (Å²) in [6, 6.07) is 8.79. The molecule has 0 atom stereocenters. The summed E-state index contributed by atoms with van der Waals surface area (Å²) < 4.78 is 0. The van der Waals surface area contributed by atoms with Crippen molar-refractivity contribution in [2.45, 2.75) is 87.0 Å². The van der Waals surface area contributed by atoms with Gasteiger partial charge in [0, 0.05) is 5.70 Å². The predicted molar refractivity (Wildman–Crippen MR) is 113 cm³/mol. The molecule has 24 heavy (non-hydrogen) atoms. The minimum atomic E-state index is 0.696. The first-order valence-corrected chi connectivity index (χ1v) is 9.79. The molecule has 0 saturated heterocycles. The van der Waals surface area contributed by atoms with Gasteiger partial charge in [-0.3, -0.25) is 0 Å². The van der Waals surface area contributed by atoms with Crippen molar-refractivity contribution in [3.63, 3.8) is 0 Å². The third kappa shape index (κ3) is 10.3. The van der Waals surface area contributed by atoms with Crippen molar-refractivity contribution in [1.82, 2.24) is 0 Å². The SMILES string of the molecule is CC.CC.CCCC(CCC)c1ccc(/C(N)=C/C=C(C)C)cc1. The molecule has 0 saturated carbocycles. The van der Waals surface area contributed by atoms with Gasteiger partial charge in [0.05, 0.1) is 0 Å². The Balaban J connectivity index is 0. The van der Waals surface area contributed by atoms with Crippen molar-refractivity contribution in [2.24, 2.45) is 5.73 Å². The fourth-order valence-corrected chi connectivity index (χ4v) is 2.48. The van der Waals surface area contributed by atoms with Crippen molar-refractivity contribution in [1.29, 1.82) is 0 Å². The summed E-state index contributed by atoms with van der Waals surface area (Å²) in [7, 11) is 0. The van der Waals surface area contributed by atoms with Gasteiger partial charge in [0.15, 0.2) is 0 Å². The number of rotatable bonds is 7. The number of hydrogen-bond acceptors (Lipinski definition) is 1. The average Bonchev–Trinajstić information content (AvgIpc) is 2.63. The highest BCUT2D eigenvalue weighted by atomic mass is 14.6. The molecule has 0 heterocycles. The minimum absolute atomic E-state index is 0.696. The predicted octanol–water partition coefficient (Wildman–Crippen LogP) is 7.69. The Hall–Kier alpha value is -1.50. The first kappa shape index (κ1) is 24.7. The van der Waals surface area contributed by atoms with Crippen molar-refractivity contribution in [3.05, 3.63) is 53.1 Å². The van der Waals surface area contributed by atoms with Crippen molar-refractivity contribution >= 4 is 5.70 Å². The summed E-state index contributed by atoms with van der Waals surface area (Å²) in [4.78, 5) is 0. The van der Waals surface area contributed by atoms with Crippen LogP contribution < -0.4 is 5.73 Å². The van der Waals surface area contributed by atoms with Gasteiger partial charge in [-0.25, -0.2) is 0 Å². The topological polar surface area (TPSA) is 26.0 Å². The molecule has 0 spiro atoms. The molecule has 0 amide bonds. The maximum atomic E-state index is 6.10. The lowest BCUT2D eigenvalue weighted by atomic mass is 9.90. The number of allylic oxidation sites excluding steroid dienone is 3. The molecule has 0 aliphatic carbocycles. The first-order chi connectivity index (χ1) is 11.6. The van der Waals surface area contributed by atoms with Crippen LogP contribution in [0.2, 0.25) is 0 Å². The van der Waals surface area contributed by atoms with E-state index in [0.717, 1.165) is 11.3 Å². The molecule has 1 rings (SSSR count). The van der Waals surface area contributed by atoms with Gasteiger partial charge in [0.25, 0.3) is 0 Å². The van der Waals surface area contributed by atoms with Crippen LogP contribution in [0.3, 0.4) is 0 Å². The van der Waals surface area contributed by atoms with Crippen molar-refractivity contribution in [2.75, 3.05) is 0 Å². The molecule has 0 aliphatic rings. The summed E-state index contributed by atoms with van der Waals surface area (Å²) in [5.74, 6) is 0.696. The Kier molecular flexibility index (Phi) is 16.9. The summed E-state index contributed by atoms with van der Waals surface area (Å²) in [6.45, 7) is 16.7. The van der Waals surface area contributed by atoms with Gasteiger partial charge in [-0.2, -0.15) is 0 Å².